The molecule has 1 saturated carbocycles. The van der Waals surface area contributed by atoms with Crippen LogP contribution in [0.25, 0.3) is 0 Å². The molecule has 5 N–H and O–H groups in total. The largest absolute Gasteiger partial charge is 0.454 e. The van der Waals surface area contributed by atoms with Gasteiger partial charge in [-0.05, 0) is 69.2 Å². The topological polar surface area (TPSA) is 134 Å². The van der Waals surface area contributed by atoms with Gasteiger partial charge in [0.05, 0.1) is 18.8 Å². The number of piperidine rings is 1. The van der Waals surface area contributed by atoms with E-state index < -0.39 is 35.6 Å². The number of likely N-dealkylation sites (tertiary alicyclic amines) is 1. The molecule has 40 heavy (non-hydrogen) atoms. The number of para-hydroxylation sites is 1. The maximum atomic E-state index is 15.3. The maximum Gasteiger partial charge on any atom is 0.406 e. The molecule has 0 spiro atoms. The molecule has 5 atom stereocenters. The number of halogens is 1. The van der Waals surface area contributed by atoms with E-state index in [1.165, 1.54) is 13.2 Å². The molecule has 218 valence electrons. The summed E-state index contributed by atoms with van der Waals surface area (Å²) in [5.41, 5.74) is 5.63. The van der Waals surface area contributed by atoms with Crippen LogP contribution >= 0.6 is 0 Å². The number of alkyl carbamates (subject to hydrolysis) is 1. The first-order valence-corrected chi connectivity index (χ1v) is 13.9. The number of hydrogen-bond acceptors (Lipinski definition) is 7. The molecule has 4 rings (SSSR count). The lowest BCUT2D eigenvalue weighted by Crippen LogP contribution is -2.49. The highest BCUT2D eigenvalue weighted by atomic mass is 19.1. The van der Waals surface area contributed by atoms with Gasteiger partial charge in [-0.25, -0.2) is 9.18 Å². The smallest absolute Gasteiger partial charge is 0.406 e. The highest BCUT2D eigenvalue weighted by Gasteiger charge is 2.45. The van der Waals surface area contributed by atoms with Crippen molar-refractivity contribution in [1.29, 1.82) is 0 Å². The first-order valence-electron chi connectivity index (χ1n) is 13.9. The summed E-state index contributed by atoms with van der Waals surface area (Å²) in [6.07, 6.45) is 1.28. The standard InChI is InChI=1S/C30H40FN3O6/c1-19-7-3-9-22(15-19)40-27-23(10-4-11-24(27)31)30(38,12-6-13-33-29(37)39-2)21-8-5-14-34(18-21)28(36)20-16-25(32)26(35)17-20/h3-4,7,9-11,15,20-21,25-26,35,38H,5-6,8,12-14,16-18,32H2,1-2H3,(H,33,37)/t20-,21?,25+,26-,30-/m0/s1. The molecule has 2 fully saturated rings. The van der Waals surface area contributed by atoms with E-state index in [4.69, 9.17) is 10.5 Å². The van der Waals surface area contributed by atoms with Gasteiger partial charge in [-0.1, -0.05) is 24.3 Å². The van der Waals surface area contributed by atoms with Gasteiger partial charge in [0.25, 0.3) is 0 Å². The van der Waals surface area contributed by atoms with Gasteiger partial charge in [-0.3, -0.25) is 4.79 Å². The summed E-state index contributed by atoms with van der Waals surface area (Å²) in [5.74, 6) is -1.10. The second-order valence-corrected chi connectivity index (χ2v) is 11.0. The predicted octanol–water partition coefficient (Wildman–Crippen LogP) is 3.59. The molecule has 2 aliphatic rings. The van der Waals surface area contributed by atoms with Crippen LogP contribution in [-0.2, 0) is 15.1 Å². The number of carbonyl (C=O) groups is 2. The van der Waals surface area contributed by atoms with Crippen LogP contribution in [0.15, 0.2) is 42.5 Å². The summed E-state index contributed by atoms with van der Waals surface area (Å²) in [5, 5.41) is 25.1. The molecule has 0 aromatic heterocycles. The van der Waals surface area contributed by atoms with Crippen LogP contribution in [0.2, 0.25) is 0 Å². The number of hydrogen-bond donors (Lipinski definition) is 4. The summed E-state index contributed by atoms with van der Waals surface area (Å²) in [7, 11) is 1.27. The second kappa shape index (κ2) is 13.0. The van der Waals surface area contributed by atoms with Gasteiger partial charge in [0.2, 0.25) is 5.91 Å². The molecule has 10 heteroatoms. The van der Waals surface area contributed by atoms with Crippen LogP contribution in [0, 0.1) is 24.6 Å². The minimum Gasteiger partial charge on any atom is -0.454 e. The fraction of sp³-hybridized carbons (Fsp3) is 0.533. The van der Waals surface area contributed by atoms with Crippen LogP contribution in [0.4, 0.5) is 9.18 Å². The Morgan fingerprint density at radius 1 is 1.23 bits per heavy atom. The van der Waals surface area contributed by atoms with E-state index in [9.17, 15) is 19.8 Å². The average molecular weight is 558 g/mol. The van der Waals surface area contributed by atoms with Crippen molar-refractivity contribution in [1.82, 2.24) is 10.2 Å². The number of aryl methyl sites for hydroxylation is 1. The normalized spacial score (nSPS) is 24.3. The van der Waals surface area contributed by atoms with Gasteiger partial charge >= 0.3 is 6.09 Å². The molecule has 1 unspecified atom stereocenters. The number of methoxy groups -OCH3 is 1. The van der Waals surface area contributed by atoms with E-state index in [0.717, 1.165) is 5.56 Å². The number of nitrogens with zero attached hydrogens (tertiary/aromatic N) is 1. The van der Waals surface area contributed by atoms with Gasteiger partial charge in [-0.2, -0.15) is 0 Å². The first kappa shape index (κ1) is 29.8. The van der Waals surface area contributed by atoms with Crippen molar-refractivity contribution >= 4 is 12.0 Å². The van der Waals surface area contributed by atoms with Crippen molar-refractivity contribution in [3.63, 3.8) is 0 Å². The molecular weight excluding hydrogens is 517 g/mol. The number of nitrogens with two attached hydrogens (primary N) is 1. The third-order valence-corrected chi connectivity index (χ3v) is 8.17. The van der Waals surface area contributed by atoms with E-state index in [2.05, 4.69) is 10.1 Å². The van der Waals surface area contributed by atoms with Gasteiger partial charge in [0, 0.05) is 43.1 Å². The summed E-state index contributed by atoms with van der Waals surface area (Å²) >= 11 is 0. The SMILES string of the molecule is COC(=O)NCCC[C@@](O)(c1cccc(F)c1Oc1cccc(C)c1)C1CCCN(C(=O)[C@H]2C[C@@H](N)[C@@H](O)C2)C1. The number of carbonyl (C=O) groups excluding carboxylic acids is 2. The van der Waals surface area contributed by atoms with Gasteiger partial charge < -0.3 is 35.6 Å². The van der Waals surface area contributed by atoms with E-state index in [1.54, 1.807) is 29.2 Å². The van der Waals surface area contributed by atoms with Crippen molar-refractivity contribution in [2.45, 2.75) is 63.2 Å². The third-order valence-electron chi connectivity index (χ3n) is 8.17. The Hall–Kier alpha value is -3.21. The molecule has 2 aromatic rings. The fourth-order valence-corrected chi connectivity index (χ4v) is 6.00. The van der Waals surface area contributed by atoms with Crippen molar-refractivity contribution < 1.29 is 33.7 Å². The quantitative estimate of drug-likeness (QED) is 0.346. The second-order valence-electron chi connectivity index (χ2n) is 11.0. The molecule has 1 aliphatic heterocycles. The van der Waals surface area contributed by atoms with E-state index in [-0.39, 0.29) is 37.1 Å². The number of benzene rings is 2. The summed E-state index contributed by atoms with van der Waals surface area (Å²) in [6, 6.07) is 11.3. The number of amides is 2. The Bertz CT molecular complexity index is 1190. The van der Waals surface area contributed by atoms with E-state index >= 15 is 4.39 Å². The highest BCUT2D eigenvalue weighted by molar-refractivity contribution is 5.79. The Morgan fingerprint density at radius 2 is 2.00 bits per heavy atom. The lowest BCUT2D eigenvalue weighted by Gasteiger charge is -2.44. The van der Waals surface area contributed by atoms with Crippen LogP contribution in [0.3, 0.4) is 0 Å². The van der Waals surface area contributed by atoms with Crippen LogP contribution in [0.1, 0.15) is 49.7 Å². The number of aliphatic hydroxyl groups excluding tert-OH is 1. The molecule has 0 bridgehead atoms. The minimum atomic E-state index is -1.57. The van der Waals surface area contributed by atoms with Crippen molar-refractivity contribution in [3.05, 3.63) is 59.4 Å². The number of rotatable bonds is 9. The van der Waals surface area contributed by atoms with E-state index in [1.807, 2.05) is 19.1 Å². The van der Waals surface area contributed by atoms with Crippen molar-refractivity contribution in [3.8, 4) is 11.5 Å². The fourth-order valence-electron chi connectivity index (χ4n) is 6.00. The molecule has 1 heterocycles. The van der Waals surface area contributed by atoms with Crippen LogP contribution in [-0.4, -0.2) is 66.0 Å². The van der Waals surface area contributed by atoms with E-state index in [0.29, 0.717) is 50.0 Å². The Morgan fingerprint density at radius 3 is 2.70 bits per heavy atom. The number of aliphatic hydroxyl groups is 2. The van der Waals surface area contributed by atoms with Gasteiger partial charge in [-0.15, -0.1) is 0 Å². The number of ether oxygens (including phenoxy) is 2. The summed E-state index contributed by atoms with van der Waals surface area (Å²) < 4.78 is 26.0. The van der Waals surface area contributed by atoms with Crippen LogP contribution < -0.4 is 15.8 Å². The molecule has 2 amide bonds. The predicted molar refractivity (Wildman–Crippen MR) is 147 cm³/mol. The molecular formula is C30H40FN3O6. The minimum absolute atomic E-state index is 0.0649. The van der Waals surface area contributed by atoms with Crippen LogP contribution in [0.5, 0.6) is 11.5 Å². The lowest BCUT2D eigenvalue weighted by molar-refractivity contribution is -0.141. The lowest BCUT2D eigenvalue weighted by atomic mass is 9.73. The van der Waals surface area contributed by atoms with Gasteiger partial charge in [0.15, 0.2) is 11.6 Å². The first-order chi connectivity index (χ1) is 19.1. The molecule has 2 aromatic carbocycles. The molecule has 1 saturated heterocycles. The summed E-state index contributed by atoms with van der Waals surface area (Å²) in [6.45, 7) is 2.95. The number of nitrogens with one attached hydrogen (secondary N) is 1. The Kier molecular flexibility index (Phi) is 9.65. The maximum absolute atomic E-state index is 15.3. The zero-order chi connectivity index (χ0) is 28.9. The third kappa shape index (κ3) is 6.74. The zero-order valence-corrected chi connectivity index (χ0v) is 23.1. The van der Waals surface area contributed by atoms with Gasteiger partial charge in [0.1, 0.15) is 5.75 Å². The molecule has 9 nitrogen and oxygen atoms in total. The molecule has 1 aliphatic carbocycles. The monoisotopic (exact) mass is 557 g/mol. The zero-order valence-electron chi connectivity index (χ0n) is 23.1. The average Bonchev–Trinajstić information content (AvgIpc) is 3.29. The highest BCUT2D eigenvalue weighted by Crippen LogP contribution is 2.45. The Labute approximate surface area is 234 Å². The van der Waals surface area contributed by atoms with Crippen molar-refractivity contribution in [2.24, 2.45) is 17.6 Å². The van der Waals surface area contributed by atoms with Crippen molar-refractivity contribution in [2.75, 3.05) is 26.7 Å². The molecule has 0 radical (unpaired) electrons. The Balaban J connectivity index is 1.64. The summed E-state index contributed by atoms with van der Waals surface area (Å²) in [4.78, 5) is 26.7.